The van der Waals surface area contributed by atoms with Crippen molar-refractivity contribution >= 4 is 17.5 Å². The molecule has 0 bridgehead atoms. The predicted molar refractivity (Wildman–Crippen MR) is 77.6 cm³/mol. The highest BCUT2D eigenvalue weighted by Crippen LogP contribution is 2.29. The molecular weight excluding hydrogens is 274 g/mol. The van der Waals surface area contributed by atoms with E-state index in [0.717, 1.165) is 0 Å². The Morgan fingerprint density at radius 2 is 2.10 bits per heavy atom. The molecule has 0 aliphatic carbocycles. The first-order chi connectivity index (χ1) is 10.1. The Kier molecular flexibility index (Phi) is 4.99. The van der Waals surface area contributed by atoms with Crippen LogP contribution in [0.4, 0.5) is 5.69 Å². The lowest BCUT2D eigenvalue weighted by Gasteiger charge is -2.25. The highest BCUT2D eigenvalue weighted by atomic mass is 16.5. The van der Waals surface area contributed by atoms with Crippen LogP contribution in [0.25, 0.3) is 0 Å². The van der Waals surface area contributed by atoms with Gasteiger partial charge in [0.2, 0.25) is 11.8 Å². The molecule has 1 aliphatic rings. The summed E-state index contributed by atoms with van der Waals surface area (Å²) in [6.45, 7) is 1.68. The minimum absolute atomic E-state index is 0.0554. The van der Waals surface area contributed by atoms with E-state index in [1.165, 1.54) is 7.11 Å². The smallest absolute Gasteiger partial charge is 0.238 e. The largest absolute Gasteiger partial charge is 0.493 e. The van der Waals surface area contributed by atoms with Crippen LogP contribution in [0, 0.1) is 0 Å². The first-order valence-electron chi connectivity index (χ1n) is 6.63. The van der Waals surface area contributed by atoms with Gasteiger partial charge in [-0.3, -0.25) is 14.5 Å². The van der Waals surface area contributed by atoms with Crippen molar-refractivity contribution in [1.82, 2.24) is 10.2 Å². The van der Waals surface area contributed by atoms with Gasteiger partial charge in [-0.2, -0.15) is 0 Å². The third kappa shape index (κ3) is 4.09. The number of hydrogen-bond donors (Lipinski definition) is 2. The van der Waals surface area contributed by atoms with Crippen molar-refractivity contribution in [2.75, 3.05) is 45.7 Å². The van der Waals surface area contributed by atoms with Gasteiger partial charge in [0.15, 0.2) is 11.5 Å². The Morgan fingerprint density at radius 1 is 1.33 bits per heavy atom. The van der Waals surface area contributed by atoms with E-state index in [9.17, 15) is 9.59 Å². The van der Waals surface area contributed by atoms with Gasteiger partial charge in [0, 0.05) is 24.8 Å². The Bertz CT molecular complexity index is 533. The quantitative estimate of drug-likeness (QED) is 0.803. The minimum atomic E-state index is -0.170. The maximum atomic E-state index is 12.0. The van der Waals surface area contributed by atoms with Gasteiger partial charge in [-0.1, -0.05) is 0 Å². The summed E-state index contributed by atoms with van der Waals surface area (Å²) < 4.78 is 10.3. The fraction of sp³-hybridized carbons (Fsp3) is 0.429. The van der Waals surface area contributed by atoms with E-state index < -0.39 is 0 Å². The number of ether oxygens (including phenoxy) is 2. The summed E-state index contributed by atoms with van der Waals surface area (Å²) in [6, 6.07) is 5.16. The number of carbonyl (C=O) groups is 2. The van der Waals surface area contributed by atoms with Gasteiger partial charge in [0.25, 0.3) is 0 Å². The van der Waals surface area contributed by atoms with Crippen molar-refractivity contribution in [3.63, 3.8) is 0 Å². The second kappa shape index (κ2) is 6.94. The van der Waals surface area contributed by atoms with Crippen molar-refractivity contribution in [1.29, 1.82) is 0 Å². The van der Waals surface area contributed by atoms with Crippen LogP contribution in [0.3, 0.4) is 0 Å². The summed E-state index contributed by atoms with van der Waals surface area (Å²) >= 11 is 0. The molecule has 1 fully saturated rings. The molecule has 1 aromatic rings. The molecule has 114 valence electrons. The SMILES string of the molecule is COc1ccc(NC(=O)CN2CCNC(=O)C2)cc1OC. The molecule has 0 unspecified atom stereocenters. The summed E-state index contributed by atoms with van der Waals surface area (Å²) in [5.41, 5.74) is 0.624. The van der Waals surface area contributed by atoms with Crippen LogP contribution in [0.15, 0.2) is 18.2 Å². The van der Waals surface area contributed by atoms with Gasteiger partial charge in [-0.25, -0.2) is 0 Å². The molecule has 0 aromatic heterocycles. The van der Waals surface area contributed by atoms with Crippen molar-refractivity contribution in [3.05, 3.63) is 18.2 Å². The molecule has 1 heterocycles. The number of rotatable bonds is 5. The summed E-state index contributed by atoms with van der Waals surface area (Å²) in [4.78, 5) is 25.0. The second-order valence-electron chi connectivity index (χ2n) is 4.68. The molecule has 0 saturated carbocycles. The van der Waals surface area contributed by atoms with E-state index in [1.54, 1.807) is 30.2 Å². The van der Waals surface area contributed by atoms with Crippen LogP contribution in [0.2, 0.25) is 0 Å². The Morgan fingerprint density at radius 3 is 2.76 bits per heavy atom. The number of anilines is 1. The fourth-order valence-corrected chi connectivity index (χ4v) is 2.14. The highest BCUT2D eigenvalue weighted by molar-refractivity contribution is 5.93. The standard InChI is InChI=1S/C14H19N3O4/c1-20-11-4-3-10(7-12(11)21-2)16-14(19)9-17-6-5-15-13(18)8-17/h3-4,7H,5-6,8-9H2,1-2H3,(H,15,18)(H,16,19). The van der Waals surface area contributed by atoms with E-state index in [1.807, 2.05) is 0 Å². The van der Waals surface area contributed by atoms with Gasteiger partial charge in [-0.05, 0) is 12.1 Å². The lowest BCUT2D eigenvalue weighted by atomic mass is 10.2. The zero-order valence-corrected chi connectivity index (χ0v) is 12.1. The maximum Gasteiger partial charge on any atom is 0.238 e. The van der Waals surface area contributed by atoms with Crippen molar-refractivity contribution < 1.29 is 19.1 Å². The Balaban J connectivity index is 1.94. The zero-order valence-electron chi connectivity index (χ0n) is 12.1. The van der Waals surface area contributed by atoms with Crippen molar-refractivity contribution in [2.24, 2.45) is 0 Å². The fourth-order valence-electron chi connectivity index (χ4n) is 2.14. The number of amides is 2. The molecule has 2 amide bonds. The molecule has 21 heavy (non-hydrogen) atoms. The van der Waals surface area contributed by atoms with Gasteiger partial charge < -0.3 is 20.1 Å². The lowest BCUT2D eigenvalue weighted by molar-refractivity contribution is -0.125. The monoisotopic (exact) mass is 293 g/mol. The zero-order chi connectivity index (χ0) is 15.2. The molecule has 0 radical (unpaired) electrons. The molecule has 1 aromatic carbocycles. The van der Waals surface area contributed by atoms with E-state index in [0.29, 0.717) is 30.3 Å². The normalized spacial score (nSPS) is 15.2. The number of benzene rings is 1. The average Bonchev–Trinajstić information content (AvgIpc) is 2.47. The first-order valence-corrected chi connectivity index (χ1v) is 6.63. The van der Waals surface area contributed by atoms with Crippen LogP contribution in [0.1, 0.15) is 0 Å². The van der Waals surface area contributed by atoms with E-state index >= 15 is 0 Å². The van der Waals surface area contributed by atoms with Crippen molar-refractivity contribution in [3.8, 4) is 11.5 Å². The highest BCUT2D eigenvalue weighted by Gasteiger charge is 2.18. The van der Waals surface area contributed by atoms with Crippen LogP contribution in [-0.4, -0.2) is 57.1 Å². The van der Waals surface area contributed by atoms with E-state index in [4.69, 9.17) is 9.47 Å². The summed E-state index contributed by atoms with van der Waals surface area (Å²) in [6.07, 6.45) is 0. The van der Waals surface area contributed by atoms with Gasteiger partial charge >= 0.3 is 0 Å². The van der Waals surface area contributed by atoms with Crippen LogP contribution in [-0.2, 0) is 9.59 Å². The van der Waals surface area contributed by atoms with Crippen LogP contribution < -0.4 is 20.1 Å². The Labute approximate surface area is 123 Å². The molecule has 2 N–H and O–H groups in total. The average molecular weight is 293 g/mol. The number of piperazine rings is 1. The molecule has 7 heteroatoms. The number of carbonyl (C=O) groups excluding carboxylic acids is 2. The number of nitrogens with one attached hydrogen (secondary N) is 2. The van der Waals surface area contributed by atoms with Gasteiger partial charge in [0.1, 0.15) is 0 Å². The molecule has 0 spiro atoms. The lowest BCUT2D eigenvalue weighted by Crippen LogP contribution is -2.49. The number of methoxy groups -OCH3 is 2. The van der Waals surface area contributed by atoms with Gasteiger partial charge in [0.05, 0.1) is 27.3 Å². The van der Waals surface area contributed by atoms with Crippen LogP contribution >= 0.6 is 0 Å². The third-order valence-corrected chi connectivity index (χ3v) is 3.15. The molecule has 7 nitrogen and oxygen atoms in total. The molecule has 2 rings (SSSR count). The molecular formula is C14H19N3O4. The molecule has 1 aliphatic heterocycles. The van der Waals surface area contributed by atoms with Crippen molar-refractivity contribution in [2.45, 2.75) is 0 Å². The third-order valence-electron chi connectivity index (χ3n) is 3.15. The number of nitrogens with zero attached hydrogens (tertiary/aromatic N) is 1. The maximum absolute atomic E-state index is 12.0. The molecule has 0 atom stereocenters. The van der Waals surface area contributed by atoms with E-state index in [-0.39, 0.29) is 24.9 Å². The second-order valence-corrected chi connectivity index (χ2v) is 4.68. The minimum Gasteiger partial charge on any atom is -0.493 e. The Hall–Kier alpha value is -2.28. The predicted octanol–water partition coefficient (Wildman–Crippen LogP) is 0.0741. The topological polar surface area (TPSA) is 79.9 Å². The summed E-state index contributed by atoms with van der Waals surface area (Å²) in [5, 5.41) is 5.50. The summed E-state index contributed by atoms with van der Waals surface area (Å²) in [7, 11) is 3.09. The summed E-state index contributed by atoms with van der Waals surface area (Å²) in [5.74, 6) is 0.924. The molecule has 1 saturated heterocycles. The first kappa shape index (κ1) is 15.1. The number of hydrogen-bond acceptors (Lipinski definition) is 5. The van der Waals surface area contributed by atoms with Crippen LogP contribution in [0.5, 0.6) is 11.5 Å². The van der Waals surface area contributed by atoms with Gasteiger partial charge in [-0.15, -0.1) is 0 Å². The van der Waals surface area contributed by atoms with E-state index in [2.05, 4.69) is 10.6 Å².